The average Bonchev–Trinajstić information content (AvgIpc) is 3.00. The van der Waals surface area contributed by atoms with Crippen molar-refractivity contribution < 1.29 is 14.3 Å². The largest absolute Gasteiger partial charge is 0.497 e. The molecule has 6 nitrogen and oxygen atoms in total. The molecular formula is C17H17N3O3. The third-order valence-corrected chi connectivity index (χ3v) is 3.66. The Hall–Kier alpha value is -2.89. The number of carbonyl (C=O) groups is 1. The van der Waals surface area contributed by atoms with Crippen molar-refractivity contribution in [2.75, 3.05) is 13.7 Å². The number of fused-ring (bicyclic) bond motifs is 1. The van der Waals surface area contributed by atoms with E-state index in [1.54, 1.807) is 24.7 Å². The zero-order valence-electron chi connectivity index (χ0n) is 13.2. The Morgan fingerprint density at radius 3 is 2.61 bits per heavy atom. The maximum absolute atomic E-state index is 11.9. The van der Waals surface area contributed by atoms with Gasteiger partial charge >= 0.3 is 5.97 Å². The molecular weight excluding hydrogens is 294 g/mol. The summed E-state index contributed by atoms with van der Waals surface area (Å²) in [5.74, 6) is 0.403. The number of carbonyl (C=O) groups excluding carboxylic acids is 1. The van der Waals surface area contributed by atoms with Gasteiger partial charge in [0.05, 0.1) is 31.2 Å². The third-order valence-electron chi connectivity index (χ3n) is 3.66. The van der Waals surface area contributed by atoms with Crippen molar-refractivity contribution in [3.05, 3.63) is 47.9 Å². The van der Waals surface area contributed by atoms with Crippen molar-refractivity contribution in [3.63, 3.8) is 0 Å². The minimum Gasteiger partial charge on any atom is -0.497 e. The molecule has 23 heavy (non-hydrogen) atoms. The fourth-order valence-electron chi connectivity index (χ4n) is 2.43. The van der Waals surface area contributed by atoms with Crippen LogP contribution in [0.2, 0.25) is 0 Å². The summed E-state index contributed by atoms with van der Waals surface area (Å²) in [6.45, 7) is 3.92. The van der Waals surface area contributed by atoms with Crippen molar-refractivity contribution in [3.8, 4) is 16.9 Å². The summed E-state index contributed by atoms with van der Waals surface area (Å²) >= 11 is 0. The first-order chi connectivity index (χ1) is 11.2. The van der Waals surface area contributed by atoms with Crippen LogP contribution in [0.3, 0.4) is 0 Å². The van der Waals surface area contributed by atoms with Crippen molar-refractivity contribution in [2.45, 2.75) is 13.8 Å². The van der Waals surface area contributed by atoms with Crippen molar-refractivity contribution in [1.82, 2.24) is 14.6 Å². The smallest absolute Gasteiger partial charge is 0.341 e. The van der Waals surface area contributed by atoms with Gasteiger partial charge in [0.25, 0.3) is 0 Å². The van der Waals surface area contributed by atoms with Crippen LogP contribution in [0.5, 0.6) is 5.75 Å². The summed E-state index contributed by atoms with van der Waals surface area (Å²) in [6.07, 6.45) is 3.28. The predicted octanol–water partition coefficient (Wildman–Crippen LogP) is 2.89. The molecule has 0 aliphatic heterocycles. The highest BCUT2D eigenvalue weighted by Crippen LogP contribution is 2.26. The van der Waals surface area contributed by atoms with E-state index in [0.29, 0.717) is 23.5 Å². The van der Waals surface area contributed by atoms with E-state index in [1.165, 1.54) is 6.20 Å². The highest BCUT2D eigenvalue weighted by Gasteiger charge is 2.16. The molecule has 0 N–H and O–H groups in total. The summed E-state index contributed by atoms with van der Waals surface area (Å²) in [4.78, 5) is 16.3. The molecule has 0 aliphatic rings. The van der Waals surface area contributed by atoms with Crippen LogP contribution >= 0.6 is 0 Å². The maximum Gasteiger partial charge on any atom is 0.341 e. The number of esters is 1. The van der Waals surface area contributed by atoms with Crippen LogP contribution in [-0.2, 0) is 4.74 Å². The molecule has 6 heteroatoms. The second-order valence-electron chi connectivity index (χ2n) is 5.00. The average molecular weight is 311 g/mol. The van der Waals surface area contributed by atoms with Gasteiger partial charge in [0.2, 0.25) is 0 Å². The van der Waals surface area contributed by atoms with E-state index in [4.69, 9.17) is 9.47 Å². The summed E-state index contributed by atoms with van der Waals surface area (Å²) in [5.41, 5.74) is 3.69. The normalized spacial score (nSPS) is 10.7. The Bertz CT molecular complexity index is 853. The van der Waals surface area contributed by atoms with Gasteiger partial charge in [-0.25, -0.2) is 14.3 Å². The van der Waals surface area contributed by atoms with Gasteiger partial charge in [-0.2, -0.15) is 5.10 Å². The van der Waals surface area contributed by atoms with Crippen LogP contribution in [0.25, 0.3) is 16.8 Å². The van der Waals surface area contributed by atoms with Crippen LogP contribution in [0.4, 0.5) is 0 Å². The number of aryl methyl sites for hydroxylation is 1. The van der Waals surface area contributed by atoms with Gasteiger partial charge in [-0.05, 0) is 31.5 Å². The molecule has 0 bridgehead atoms. The quantitative estimate of drug-likeness (QED) is 0.693. The number of aromatic nitrogens is 3. The molecule has 2 aromatic heterocycles. The third kappa shape index (κ3) is 2.63. The molecule has 3 rings (SSSR count). The van der Waals surface area contributed by atoms with E-state index >= 15 is 0 Å². The van der Waals surface area contributed by atoms with Crippen LogP contribution in [-0.4, -0.2) is 34.3 Å². The van der Waals surface area contributed by atoms with Crippen molar-refractivity contribution >= 4 is 11.6 Å². The molecule has 0 fully saturated rings. The number of methoxy groups -OCH3 is 1. The van der Waals surface area contributed by atoms with Gasteiger partial charge in [-0.1, -0.05) is 12.1 Å². The lowest BCUT2D eigenvalue weighted by atomic mass is 10.1. The maximum atomic E-state index is 11.9. The van der Waals surface area contributed by atoms with E-state index in [-0.39, 0.29) is 5.97 Å². The number of rotatable bonds is 4. The number of nitrogens with zero attached hydrogens (tertiary/aromatic N) is 3. The molecule has 1 aromatic carbocycles. The SMILES string of the molecule is CCOC(=O)c1cnc2c(-c3ccc(OC)cc3)cnn2c1C. The van der Waals surface area contributed by atoms with Crippen molar-refractivity contribution in [2.24, 2.45) is 0 Å². The van der Waals surface area contributed by atoms with E-state index in [0.717, 1.165) is 16.9 Å². The molecule has 0 spiro atoms. The molecule has 0 amide bonds. The second-order valence-corrected chi connectivity index (χ2v) is 5.00. The van der Waals surface area contributed by atoms with E-state index in [9.17, 15) is 4.79 Å². The summed E-state index contributed by atoms with van der Waals surface area (Å²) in [7, 11) is 1.63. The first-order valence-electron chi connectivity index (χ1n) is 7.30. The number of ether oxygens (including phenoxy) is 2. The minimum absolute atomic E-state index is 0.326. The van der Waals surface area contributed by atoms with E-state index < -0.39 is 0 Å². The Labute approximate surface area is 133 Å². The fraction of sp³-hybridized carbons (Fsp3) is 0.235. The topological polar surface area (TPSA) is 65.7 Å². The lowest BCUT2D eigenvalue weighted by Gasteiger charge is -2.07. The molecule has 0 saturated heterocycles. The molecule has 0 aliphatic carbocycles. The van der Waals surface area contributed by atoms with Crippen LogP contribution in [0.15, 0.2) is 36.7 Å². The zero-order chi connectivity index (χ0) is 16.4. The lowest BCUT2D eigenvalue weighted by Crippen LogP contribution is -2.11. The van der Waals surface area contributed by atoms with Crippen LogP contribution in [0, 0.1) is 6.92 Å². The number of hydrogen-bond donors (Lipinski definition) is 0. The first kappa shape index (κ1) is 15.0. The molecule has 0 atom stereocenters. The minimum atomic E-state index is -0.388. The van der Waals surface area contributed by atoms with E-state index in [1.807, 2.05) is 31.2 Å². The molecule has 0 unspecified atom stereocenters. The van der Waals surface area contributed by atoms with Gasteiger partial charge in [-0.3, -0.25) is 0 Å². The van der Waals surface area contributed by atoms with Crippen LogP contribution < -0.4 is 4.74 Å². The Kier molecular flexibility index (Phi) is 3.97. The fourth-order valence-corrected chi connectivity index (χ4v) is 2.43. The van der Waals surface area contributed by atoms with Crippen molar-refractivity contribution in [1.29, 1.82) is 0 Å². The highest BCUT2D eigenvalue weighted by atomic mass is 16.5. The lowest BCUT2D eigenvalue weighted by molar-refractivity contribution is 0.0524. The van der Waals surface area contributed by atoms with Gasteiger partial charge in [-0.15, -0.1) is 0 Å². The molecule has 0 radical (unpaired) electrons. The monoisotopic (exact) mass is 311 g/mol. The van der Waals surface area contributed by atoms with Gasteiger partial charge in [0.15, 0.2) is 5.65 Å². The Morgan fingerprint density at radius 2 is 1.96 bits per heavy atom. The summed E-state index contributed by atoms with van der Waals surface area (Å²) in [5, 5.41) is 4.36. The highest BCUT2D eigenvalue weighted by molar-refractivity contribution is 5.91. The van der Waals surface area contributed by atoms with Gasteiger partial charge < -0.3 is 9.47 Å². The van der Waals surface area contributed by atoms with Gasteiger partial charge in [0.1, 0.15) is 5.75 Å². The Balaban J connectivity index is 2.07. The summed E-state index contributed by atoms with van der Waals surface area (Å²) in [6, 6.07) is 7.68. The number of hydrogen-bond acceptors (Lipinski definition) is 5. The number of benzene rings is 1. The molecule has 2 heterocycles. The summed E-state index contributed by atoms with van der Waals surface area (Å²) < 4.78 is 11.9. The van der Waals surface area contributed by atoms with Crippen LogP contribution in [0.1, 0.15) is 23.0 Å². The Morgan fingerprint density at radius 1 is 1.22 bits per heavy atom. The first-order valence-corrected chi connectivity index (χ1v) is 7.30. The van der Waals surface area contributed by atoms with Gasteiger partial charge in [0, 0.05) is 11.8 Å². The standard InChI is InChI=1S/C17H17N3O3/c1-4-23-17(21)14-9-18-16-15(10-19-20(16)11(14)2)12-5-7-13(22-3)8-6-12/h5-10H,4H2,1-3H3. The molecule has 0 saturated carbocycles. The molecule has 118 valence electrons. The zero-order valence-corrected chi connectivity index (χ0v) is 13.2. The predicted molar refractivity (Wildman–Crippen MR) is 85.7 cm³/mol. The second kappa shape index (κ2) is 6.08. The van der Waals surface area contributed by atoms with E-state index in [2.05, 4.69) is 10.1 Å². The molecule has 3 aromatic rings.